The fourth-order valence-corrected chi connectivity index (χ4v) is 1.17. The summed E-state index contributed by atoms with van der Waals surface area (Å²) in [5.74, 6) is 12.5. The van der Waals surface area contributed by atoms with E-state index in [4.69, 9.17) is 0 Å². The Labute approximate surface area is 126 Å². The molecule has 0 aromatic carbocycles. The van der Waals surface area contributed by atoms with Gasteiger partial charge in [-0.05, 0) is 60.7 Å². The van der Waals surface area contributed by atoms with Crippen molar-refractivity contribution >= 4 is 0 Å². The van der Waals surface area contributed by atoms with Crippen molar-refractivity contribution in [2.24, 2.45) is 10.8 Å². The molecule has 0 N–H and O–H groups in total. The molecule has 110 valence electrons. The molecule has 0 amide bonds. The van der Waals surface area contributed by atoms with Crippen molar-refractivity contribution in [1.82, 2.24) is 4.90 Å². The lowest BCUT2D eigenvalue weighted by Gasteiger charge is -2.10. The van der Waals surface area contributed by atoms with Gasteiger partial charge in [0.05, 0.1) is 0 Å². The number of hydrogen-bond acceptors (Lipinski definition) is 1. The van der Waals surface area contributed by atoms with Gasteiger partial charge in [0.25, 0.3) is 0 Å². The SMILES string of the molecule is CN(C/C=C/C#CC(C)(C)C)C/C=C/C#CC(C)(C)C. The second-order valence-corrected chi connectivity index (χ2v) is 7.06. The van der Waals surface area contributed by atoms with Crippen LogP contribution in [-0.2, 0) is 0 Å². The van der Waals surface area contributed by atoms with Crippen molar-refractivity contribution in [3.05, 3.63) is 24.3 Å². The van der Waals surface area contributed by atoms with Crippen LogP contribution >= 0.6 is 0 Å². The molecule has 1 nitrogen and oxygen atoms in total. The number of rotatable bonds is 4. The fraction of sp³-hybridized carbons (Fsp3) is 0.579. The van der Waals surface area contributed by atoms with Crippen LogP contribution in [0.15, 0.2) is 24.3 Å². The van der Waals surface area contributed by atoms with Crippen molar-refractivity contribution in [3.63, 3.8) is 0 Å². The van der Waals surface area contributed by atoms with Crippen molar-refractivity contribution in [3.8, 4) is 23.7 Å². The van der Waals surface area contributed by atoms with Gasteiger partial charge in [0.2, 0.25) is 0 Å². The number of likely N-dealkylation sites (N-methyl/N-ethyl adjacent to an activating group) is 1. The summed E-state index contributed by atoms with van der Waals surface area (Å²) in [6, 6.07) is 0. The Bertz CT molecular complexity index is 400. The van der Waals surface area contributed by atoms with Gasteiger partial charge in [-0.15, -0.1) is 0 Å². The summed E-state index contributed by atoms with van der Waals surface area (Å²) in [7, 11) is 2.09. The molecule has 0 saturated heterocycles. The summed E-state index contributed by atoms with van der Waals surface area (Å²) < 4.78 is 0. The van der Waals surface area contributed by atoms with E-state index < -0.39 is 0 Å². The summed E-state index contributed by atoms with van der Waals surface area (Å²) in [6.45, 7) is 14.5. The highest BCUT2D eigenvalue weighted by Gasteiger charge is 2.02. The van der Waals surface area contributed by atoms with Gasteiger partial charge in [0, 0.05) is 23.9 Å². The Morgan fingerprint density at radius 2 is 1.10 bits per heavy atom. The van der Waals surface area contributed by atoms with E-state index in [2.05, 4.69) is 89.3 Å². The van der Waals surface area contributed by atoms with Crippen LogP contribution in [0.3, 0.4) is 0 Å². The average molecular weight is 271 g/mol. The molecule has 0 aliphatic heterocycles. The first-order chi connectivity index (χ1) is 9.10. The van der Waals surface area contributed by atoms with Gasteiger partial charge in [-0.3, -0.25) is 4.90 Å². The van der Waals surface area contributed by atoms with Crippen LogP contribution in [0.4, 0.5) is 0 Å². The van der Waals surface area contributed by atoms with Gasteiger partial charge in [0.15, 0.2) is 0 Å². The molecule has 0 spiro atoms. The quantitative estimate of drug-likeness (QED) is 0.695. The Morgan fingerprint density at radius 1 is 0.750 bits per heavy atom. The number of nitrogens with zero attached hydrogens (tertiary/aromatic N) is 1. The topological polar surface area (TPSA) is 3.24 Å². The minimum absolute atomic E-state index is 0.0741. The van der Waals surface area contributed by atoms with Gasteiger partial charge < -0.3 is 0 Å². The van der Waals surface area contributed by atoms with Gasteiger partial charge in [0.1, 0.15) is 0 Å². The van der Waals surface area contributed by atoms with E-state index in [1.165, 1.54) is 0 Å². The molecule has 0 aliphatic rings. The molecule has 0 aromatic heterocycles. The van der Waals surface area contributed by atoms with E-state index in [1.54, 1.807) is 0 Å². The van der Waals surface area contributed by atoms with E-state index in [9.17, 15) is 0 Å². The lowest BCUT2D eigenvalue weighted by atomic mass is 9.98. The minimum atomic E-state index is 0.0741. The molecular weight excluding hydrogens is 242 g/mol. The van der Waals surface area contributed by atoms with Crippen LogP contribution in [0.5, 0.6) is 0 Å². The molecular formula is C19H29N. The zero-order valence-corrected chi connectivity index (χ0v) is 14.2. The fourth-order valence-electron chi connectivity index (χ4n) is 1.17. The lowest BCUT2D eigenvalue weighted by molar-refractivity contribution is 0.412. The maximum atomic E-state index is 3.18. The molecule has 0 atom stereocenters. The monoisotopic (exact) mass is 271 g/mol. The van der Waals surface area contributed by atoms with Crippen molar-refractivity contribution in [2.45, 2.75) is 41.5 Å². The molecule has 0 heterocycles. The van der Waals surface area contributed by atoms with Crippen LogP contribution in [0, 0.1) is 34.5 Å². The first-order valence-electron chi connectivity index (χ1n) is 7.14. The van der Waals surface area contributed by atoms with E-state index in [0.29, 0.717) is 0 Å². The standard InChI is InChI=1S/C19H29N/c1-18(2,3)14-10-8-12-16-20(7)17-13-9-11-15-19(4,5)6/h8-9,12-13H,16-17H2,1-7H3/b12-8+,13-9+. The first-order valence-corrected chi connectivity index (χ1v) is 7.14. The molecule has 0 aliphatic carbocycles. The Balaban J connectivity index is 4.03. The highest BCUT2D eigenvalue weighted by Crippen LogP contribution is 2.10. The molecule has 1 heteroatoms. The van der Waals surface area contributed by atoms with Gasteiger partial charge >= 0.3 is 0 Å². The van der Waals surface area contributed by atoms with E-state index >= 15 is 0 Å². The van der Waals surface area contributed by atoms with Crippen LogP contribution < -0.4 is 0 Å². The third kappa shape index (κ3) is 14.6. The van der Waals surface area contributed by atoms with Gasteiger partial charge in [-0.2, -0.15) is 0 Å². The summed E-state index contributed by atoms with van der Waals surface area (Å²) >= 11 is 0. The highest BCUT2D eigenvalue weighted by molar-refractivity contribution is 5.20. The van der Waals surface area contributed by atoms with Gasteiger partial charge in [-0.25, -0.2) is 0 Å². The molecule has 0 fully saturated rings. The molecule has 0 unspecified atom stereocenters. The normalized spacial score (nSPS) is 12.4. The minimum Gasteiger partial charge on any atom is -0.299 e. The predicted octanol–water partition coefficient (Wildman–Crippen LogP) is 4.13. The molecule has 0 saturated carbocycles. The maximum Gasteiger partial charge on any atom is 0.0233 e. The van der Waals surface area contributed by atoms with Crippen LogP contribution in [-0.4, -0.2) is 25.0 Å². The smallest absolute Gasteiger partial charge is 0.0233 e. The maximum absolute atomic E-state index is 3.18. The molecule has 0 radical (unpaired) electrons. The molecule has 0 aromatic rings. The summed E-state index contributed by atoms with van der Waals surface area (Å²) in [5, 5.41) is 0. The molecule has 20 heavy (non-hydrogen) atoms. The van der Waals surface area contributed by atoms with Gasteiger partial charge in [-0.1, -0.05) is 35.8 Å². The zero-order chi connectivity index (χ0) is 15.6. The second-order valence-electron chi connectivity index (χ2n) is 7.06. The lowest BCUT2D eigenvalue weighted by Crippen LogP contribution is -2.17. The first kappa shape index (κ1) is 18.6. The van der Waals surface area contributed by atoms with Crippen molar-refractivity contribution in [2.75, 3.05) is 20.1 Å². The predicted molar refractivity (Wildman–Crippen MR) is 90.2 cm³/mol. The Morgan fingerprint density at radius 3 is 1.40 bits per heavy atom. The average Bonchev–Trinajstić information content (AvgIpc) is 2.25. The summed E-state index contributed by atoms with van der Waals surface area (Å²) in [5.41, 5.74) is 0.148. The number of allylic oxidation sites excluding steroid dienone is 2. The number of hydrogen-bond donors (Lipinski definition) is 0. The van der Waals surface area contributed by atoms with E-state index in [0.717, 1.165) is 13.1 Å². The Kier molecular flexibility index (Phi) is 8.05. The van der Waals surface area contributed by atoms with Crippen LogP contribution in [0.1, 0.15) is 41.5 Å². The van der Waals surface area contributed by atoms with E-state index in [-0.39, 0.29) is 10.8 Å². The zero-order valence-electron chi connectivity index (χ0n) is 14.2. The third-order valence-electron chi connectivity index (χ3n) is 2.13. The second kappa shape index (κ2) is 8.68. The molecule has 0 rings (SSSR count). The van der Waals surface area contributed by atoms with Crippen molar-refractivity contribution in [1.29, 1.82) is 0 Å². The summed E-state index contributed by atoms with van der Waals surface area (Å²) in [4.78, 5) is 2.21. The van der Waals surface area contributed by atoms with E-state index in [1.807, 2.05) is 12.2 Å². The van der Waals surface area contributed by atoms with Crippen molar-refractivity contribution < 1.29 is 0 Å². The Hall–Kier alpha value is -1.44. The summed E-state index contributed by atoms with van der Waals surface area (Å²) in [6.07, 6.45) is 8.05. The highest BCUT2D eigenvalue weighted by atomic mass is 15.1. The molecule has 0 bridgehead atoms. The van der Waals surface area contributed by atoms with Crippen LogP contribution in [0.2, 0.25) is 0 Å². The van der Waals surface area contributed by atoms with Crippen LogP contribution in [0.25, 0.3) is 0 Å². The third-order valence-corrected chi connectivity index (χ3v) is 2.13. The largest absolute Gasteiger partial charge is 0.299 e.